The molecule has 74 heavy (non-hydrogen) atoms. The number of piperidine rings is 1. The number of aromatic nitrogens is 1. The van der Waals surface area contributed by atoms with Crippen LogP contribution in [0.15, 0.2) is 78.2 Å². The largest absolute Gasteiger partial charge is 0.460 e. The van der Waals surface area contributed by atoms with Crippen molar-refractivity contribution in [3.63, 3.8) is 0 Å². The third kappa shape index (κ3) is 16.2. The average molecular weight is 1030 g/mol. The first-order valence-corrected chi connectivity index (χ1v) is 26.8. The topological polar surface area (TPSA) is 205 Å². The maximum Gasteiger partial charge on any atom is 0.373 e. The van der Waals surface area contributed by atoms with Crippen LogP contribution < -0.4 is 4.57 Å². The standard InChI is InChI=1S/C58H85N2O14/c1-36-19-13-11-14-20-37(2)48(69-8)33-44-24-22-42(7)58(68,74-44)55(65)56(66)60-28-18-15-21-45(60)57(67)72-49(39(4)31-43-23-25-46(61)50(32-43)70-9)34-47(62)38(3)30-41(6)53(54(71-10)52(64)40(5)29-36)73-51(63)35-59-26-16-12-17-27-59/h11-14,16-17,19-20,26-27,30,36,38-40,42-46,48-50,53-54,61,68H,15,18,21-25,28-29,31-35H2,1-10H3/q+1/b14-11?,19-13+,37-20?,41-30+/t36-,38-,39-,40-,42-,43+,44+,45+,46-,48+,49+,50-,53-,54+,58-/m1/s1. The molecule has 16 heteroatoms. The van der Waals surface area contributed by atoms with Crippen molar-refractivity contribution in [2.24, 2.45) is 35.5 Å². The molecule has 1 saturated carbocycles. The molecule has 1 aliphatic carbocycles. The summed E-state index contributed by atoms with van der Waals surface area (Å²) in [6, 6.07) is 4.22. The third-order valence-corrected chi connectivity index (χ3v) is 15.8. The van der Waals surface area contributed by atoms with Crippen LogP contribution in [-0.4, -0.2) is 133 Å². The van der Waals surface area contributed by atoms with Gasteiger partial charge in [0.2, 0.25) is 12.3 Å². The van der Waals surface area contributed by atoms with Crippen LogP contribution in [-0.2, 0) is 63.7 Å². The number of hydrogen-bond acceptors (Lipinski definition) is 14. The molecule has 1 aromatic heterocycles. The van der Waals surface area contributed by atoms with Crippen LogP contribution in [0.25, 0.3) is 0 Å². The molecule has 5 rings (SSSR count). The molecule has 4 heterocycles. The second-order valence-electron chi connectivity index (χ2n) is 21.6. The van der Waals surface area contributed by atoms with E-state index < -0.39 is 89.8 Å². The number of methoxy groups -OCH3 is 3. The number of allylic oxidation sites excluding steroid dienone is 6. The van der Waals surface area contributed by atoms with E-state index in [1.165, 1.54) is 12.0 Å². The number of ketones is 3. The van der Waals surface area contributed by atoms with Gasteiger partial charge in [-0.05, 0) is 107 Å². The number of hydrogen-bond donors (Lipinski definition) is 2. The van der Waals surface area contributed by atoms with Crippen molar-refractivity contribution >= 4 is 35.2 Å². The lowest BCUT2D eigenvalue weighted by Crippen LogP contribution is -2.61. The van der Waals surface area contributed by atoms with Crippen molar-refractivity contribution in [2.75, 3.05) is 27.9 Å². The van der Waals surface area contributed by atoms with Gasteiger partial charge >= 0.3 is 11.9 Å². The summed E-state index contributed by atoms with van der Waals surface area (Å²) in [5.41, 5.74) is 1.29. The van der Waals surface area contributed by atoms with Gasteiger partial charge in [-0.25, -0.2) is 9.59 Å². The normalized spacial score (nSPS) is 35.6. The van der Waals surface area contributed by atoms with Crippen molar-refractivity contribution in [3.8, 4) is 0 Å². The smallest absolute Gasteiger partial charge is 0.373 e. The first-order valence-electron chi connectivity index (χ1n) is 26.8. The summed E-state index contributed by atoms with van der Waals surface area (Å²) in [4.78, 5) is 87.0. The number of carbonyl (C=O) groups excluding carboxylic acids is 6. The zero-order valence-corrected chi connectivity index (χ0v) is 45.5. The predicted molar refractivity (Wildman–Crippen MR) is 276 cm³/mol. The first kappa shape index (κ1) is 60.2. The van der Waals surface area contributed by atoms with Crippen LogP contribution in [0.3, 0.4) is 0 Å². The van der Waals surface area contributed by atoms with Crippen molar-refractivity contribution in [1.29, 1.82) is 0 Å². The molecule has 2 bridgehead atoms. The molecule has 0 aromatic carbocycles. The van der Waals surface area contributed by atoms with Crippen LogP contribution in [0.4, 0.5) is 0 Å². The minimum absolute atomic E-state index is 0.0378. The quantitative estimate of drug-likeness (QED) is 0.114. The van der Waals surface area contributed by atoms with Crippen LogP contribution in [0.1, 0.15) is 126 Å². The maximum absolute atomic E-state index is 14.6. The number of esters is 2. The molecule has 410 valence electrons. The number of Topliss-reactive ketones (excluding diaryl/α,β-unsaturated/α-hetero) is 3. The van der Waals surface area contributed by atoms with E-state index in [1.54, 1.807) is 70.2 Å². The number of nitrogens with zero attached hydrogens (tertiary/aromatic N) is 2. The van der Waals surface area contributed by atoms with Crippen LogP contribution in [0, 0.1) is 35.5 Å². The van der Waals surface area contributed by atoms with Gasteiger partial charge in [-0.1, -0.05) is 77.1 Å². The Morgan fingerprint density at radius 3 is 2.27 bits per heavy atom. The number of amides is 1. The summed E-state index contributed by atoms with van der Waals surface area (Å²) in [7, 11) is 4.53. The van der Waals surface area contributed by atoms with Crippen LogP contribution >= 0.6 is 0 Å². The van der Waals surface area contributed by atoms with Crippen LogP contribution in [0.2, 0.25) is 0 Å². The molecule has 16 nitrogen and oxygen atoms in total. The summed E-state index contributed by atoms with van der Waals surface area (Å²) in [5, 5.41) is 22.6. The second kappa shape index (κ2) is 28.4. The van der Waals surface area contributed by atoms with Gasteiger partial charge in [0.05, 0.1) is 24.4 Å². The van der Waals surface area contributed by atoms with E-state index in [1.807, 2.05) is 64.1 Å². The van der Waals surface area contributed by atoms with Gasteiger partial charge in [-0.2, -0.15) is 4.57 Å². The highest BCUT2D eigenvalue weighted by Crippen LogP contribution is 2.38. The number of aliphatic hydroxyl groups is 2. The fraction of sp³-hybridized carbons (Fsp3) is 0.672. The Labute approximate surface area is 438 Å². The van der Waals surface area contributed by atoms with Crippen molar-refractivity contribution < 1.29 is 72.0 Å². The summed E-state index contributed by atoms with van der Waals surface area (Å²) >= 11 is 0. The van der Waals surface area contributed by atoms with Gasteiger partial charge in [0.1, 0.15) is 17.9 Å². The Hall–Kier alpha value is -4.71. The lowest BCUT2D eigenvalue weighted by atomic mass is 9.78. The lowest BCUT2D eigenvalue weighted by Gasteiger charge is -2.42. The molecular weight excluding hydrogens is 949 g/mol. The summed E-state index contributed by atoms with van der Waals surface area (Å²) in [6.45, 7) is 12.6. The maximum atomic E-state index is 14.6. The molecule has 0 radical (unpaired) electrons. The third-order valence-electron chi connectivity index (χ3n) is 15.8. The van der Waals surface area contributed by atoms with Gasteiger partial charge in [0.15, 0.2) is 30.4 Å². The molecule has 15 atom stereocenters. The van der Waals surface area contributed by atoms with Crippen molar-refractivity contribution in [3.05, 3.63) is 78.2 Å². The van der Waals surface area contributed by atoms with Gasteiger partial charge in [0.25, 0.3) is 11.7 Å². The molecule has 0 unspecified atom stereocenters. The molecule has 4 aliphatic rings. The van der Waals surface area contributed by atoms with E-state index in [0.717, 1.165) is 5.57 Å². The Morgan fingerprint density at radius 2 is 1.58 bits per heavy atom. The minimum Gasteiger partial charge on any atom is -0.460 e. The molecule has 3 aliphatic heterocycles. The zero-order chi connectivity index (χ0) is 54.3. The number of ether oxygens (including phenoxy) is 6. The molecular formula is C58H85N2O14+. The first-order chi connectivity index (χ1) is 35.2. The van der Waals surface area contributed by atoms with Gasteiger partial charge < -0.3 is 43.5 Å². The summed E-state index contributed by atoms with van der Waals surface area (Å²) < 4.78 is 37.6. The van der Waals surface area contributed by atoms with Crippen molar-refractivity contribution in [1.82, 2.24) is 4.90 Å². The van der Waals surface area contributed by atoms with E-state index in [4.69, 9.17) is 28.4 Å². The number of cyclic esters (lactones) is 1. The zero-order valence-electron chi connectivity index (χ0n) is 45.5. The Kier molecular flexibility index (Phi) is 23.1. The monoisotopic (exact) mass is 1030 g/mol. The van der Waals surface area contributed by atoms with E-state index in [2.05, 4.69) is 0 Å². The fourth-order valence-electron chi connectivity index (χ4n) is 11.1. The highest BCUT2D eigenvalue weighted by atomic mass is 16.6. The number of aliphatic hydroxyl groups excluding tert-OH is 1. The van der Waals surface area contributed by atoms with Crippen LogP contribution in [0.5, 0.6) is 0 Å². The Bertz CT molecular complexity index is 2190. The fourth-order valence-corrected chi connectivity index (χ4v) is 11.1. The van der Waals surface area contributed by atoms with Gasteiger partial charge in [0, 0.05) is 70.6 Å². The van der Waals surface area contributed by atoms with E-state index >= 15 is 0 Å². The van der Waals surface area contributed by atoms with Crippen molar-refractivity contribution in [2.45, 2.75) is 187 Å². The number of fused-ring (bicyclic) bond motifs is 3. The Morgan fingerprint density at radius 1 is 0.851 bits per heavy atom. The molecule has 2 N–H and O–H groups in total. The SMILES string of the molecule is CO[C@H]1C[C@@H]2CC[C@@H](C)[C@@](O)(O2)C(=O)C(=O)N2CCCC[C@H]2C(=O)O[C@H]([C@H](C)C[C@@H]2CC[C@@H](O)[C@H](OC)C2)CC(=O)[C@H](C)/C=C(\C)[C@@H](OC(=O)C[n+]2ccccc2)[C@@H](OC)C(=O)[C@H](C)C[C@H](C)/C=C/C=CC=C1C. The predicted octanol–water partition coefficient (Wildman–Crippen LogP) is 6.72. The lowest BCUT2D eigenvalue weighted by molar-refractivity contribution is -0.686. The highest BCUT2D eigenvalue weighted by Gasteiger charge is 2.53. The van der Waals surface area contributed by atoms with Gasteiger partial charge in [-0.15, -0.1) is 0 Å². The minimum atomic E-state index is -2.45. The highest BCUT2D eigenvalue weighted by molar-refractivity contribution is 6.39. The molecule has 1 amide bonds. The molecule has 0 spiro atoms. The van der Waals surface area contributed by atoms with E-state index in [9.17, 15) is 39.0 Å². The number of pyridine rings is 1. The van der Waals surface area contributed by atoms with E-state index in [0.29, 0.717) is 69.8 Å². The summed E-state index contributed by atoms with van der Waals surface area (Å²) in [6.07, 6.45) is 14.3. The Balaban J connectivity index is 1.53. The second-order valence-corrected chi connectivity index (χ2v) is 21.6. The number of rotatable bonds is 9. The molecule has 3 fully saturated rings. The molecule has 2 saturated heterocycles. The van der Waals surface area contributed by atoms with E-state index in [-0.39, 0.29) is 61.4 Å². The average Bonchev–Trinajstić information content (AvgIpc) is 3.38. The number of carbonyl (C=O) groups is 6. The summed E-state index contributed by atoms with van der Waals surface area (Å²) in [5.74, 6) is -8.99. The molecule has 1 aromatic rings. The van der Waals surface area contributed by atoms with Gasteiger partial charge in [-0.3, -0.25) is 19.2 Å².